The summed E-state index contributed by atoms with van der Waals surface area (Å²) in [6, 6.07) is 4.99. The van der Waals surface area contributed by atoms with Gasteiger partial charge in [0.1, 0.15) is 0 Å². The summed E-state index contributed by atoms with van der Waals surface area (Å²) in [5, 5.41) is 21.2. The molecule has 0 aromatic heterocycles. The Morgan fingerprint density at radius 3 is 2.31 bits per heavy atom. The molecule has 0 aliphatic heterocycles. The molecule has 13 heavy (non-hydrogen) atoms. The van der Waals surface area contributed by atoms with Crippen molar-refractivity contribution in [1.29, 1.82) is 0 Å². The lowest BCUT2D eigenvalue weighted by molar-refractivity contribution is 0.402. The van der Waals surface area contributed by atoms with E-state index in [1.165, 1.54) is 6.07 Å². The van der Waals surface area contributed by atoms with Crippen molar-refractivity contribution in [2.75, 3.05) is 7.05 Å². The SMILES string of the molecule is CNC(C)c1ccc(O)c(O)c1.Cl. The summed E-state index contributed by atoms with van der Waals surface area (Å²) in [6.07, 6.45) is 0. The number of phenolic OH excluding ortho intramolecular Hbond substituents is 2. The van der Waals surface area contributed by atoms with E-state index in [0.717, 1.165) is 5.56 Å². The number of halogens is 1. The third-order valence-electron chi connectivity index (χ3n) is 1.93. The zero-order valence-corrected chi connectivity index (χ0v) is 8.43. The molecule has 0 spiro atoms. The average Bonchev–Trinajstić information content (AvgIpc) is 2.08. The maximum atomic E-state index is 9.17. The molecule has 4 heteroatoms. The van der Waals surface area contributed by atoms with Gasteiger partial charge in [0.2, 0.25) is 0 Å². The molecule has 0 saturated heterocycles. The molecule has 0 radical (unpaired) electrons. The first-order valence-corrected chi connectivity index (χ1v) is 3.84. The van der Waals surface area contributed by atoms with E-state index in [2.05, 4.69) is 5.32 Å². The summed E-state index contributed by atoms with van der Waals surface area (Å²) >= 11 is 0. The molecule has 3 N–H and O–H groups in total. The van der Waals surface area contributed by atoms with Gasteiger partial charge in [-0.15, -0.1) is 12.4 Å². The van der Waals surface area contributed by atoms with Crippen LogP contribution >= 0.6 is 12.4 Å². The molecule has 3 nitrogen and oxygen atoms in total. The first-order valence-electron chi connectivity index (χ1n) is 3.84. The molecule has 74 valence electrons. The molecule has 0 bridgehead atoms. The first kappa shape index (κ1) is 12.1. The average molecular weight is 204 g/mol. The lowest BCUT2D eigenvalue weighted by atomic mass is 10.1. The van der Waals surface area contributed by atoms with Crippen molar-refractivity contribution in [1.82, 2.24) is 5.32 Å². The largest absolute Gasteiger partial charge is 0.504 e. The van der Waals surface area contributed by atoms with E-state index in [9.17, 15) is 0 Å². The lowest BCUT2D eigenvalue weighted by Gasteiger charge is -2.10. The summed E-state index contributed by atoms with van der Waals surface area (Å²) in [4.78, 5) is 0. The van der Waals surface area contributed by atoms with Gasteiger partial charge in [-0.05, 0) is 31.7 Å². The van der Waals surface area contributed by atoms with Crippen molar-refractivity contribution in [3.63, 3.8) is 0 Å². The minimum atomic E-state index is -0.0814. The summed E-state index contributed by atoms with van der Waals surface area (Å²) < 4.78 is 0. The van der Waals surface area contributed by atoms with Crippen LogP contribution in [0.3, 0.4) is 0 Å². The topological polar surface area (TPSA) is 52.5 Å². The number of aromatic hydroxyl groups is 2. The number of rotatable bonds is 2. The van der Waals surface area contributed by atoms with E-state index < -0.39 is 0 Å². The standard InChI is InChI=1S/C9H13NO2.ClH/c1-6(10-2)7-3-4-8(11)9(12)5-7;/h3-6,10-12H,1-2H3;1H. The highest BCUT2D eigenvalue weighted by atomic mass is 35.5. The van der Waals surface area contributed by atoms with Crippen LogP contribution < -0.4 is 5.32 Å². The van der Waals surface area contributed by atoms with Crippen LogP contribution in [0, 0.1) is 0 Å². The van der Waals surface area contributed by atoms with Gasteiger partial charge < -0.3 is 15.5 Å². The zero-order valence-electron chi connectivity index (χ0n) is 7.61. The summed E-state index contributed by atoms with van der Waals surface area (Å²) in [6.45, 7) is 1.98. The Bertz CT molecular complexity index is 278. The molecule has 0 fully saturated rings. The normalized spacial score (nSPS) is 11.8. The first-order chi connectivity index (χ1) is 5.65. The molecule has 1 aromatic rings. The molecule has 1 unspecified atom stereocenters. The van der Waals surface area contributed by atoms with Crippen LogP contribution in [-0.4, -0.2) is 17.3 Å². The van der Waals surface area contributed by atoms with Crippen LogP contribution in [0.15, 0.2) is 18.2 Å². The molecule has 0 amide bonds. The quantitative estimate of drug-likeness (QED) is 0.643. The Labute approximate surface area is 83.8 Å². The van der Waals surface area contributed by atoms with Crippen LogP contribution in [-0.2, 0) is 0 Å². The number of hydrogen-bond donors (Lipinski definition) is 3. The fourth-order valence-corrected chi connectivity index (χ4v) is 0.976. The molecular formula is C9H14ClNO2. The van der Waals surface area contributed by atoms with E-state index >= 15 is 0 Å². The van der Waals surface area contributed by atoms with E-state index in [1.54, 1.807) is 12.1 Å². The van der Waals surface area contributed by atoms with Crippen LogP contribution in [0.2, 0.25) is 0 Å². The Kier molecular flexibility index (Phi) is 4.59. The minimum absolute atomic E-state index is 0. The molecule has 1 aromatic carbocycles. The predicted molar refractivity (Wildman–Crippen MR) is 54.5 cm³/mol. The number of nitrogens with one attached hydrogen (secondary N) is 1. The van der Waals surface area contributed by atoms with Gasteiger partial charge in [0.25, 0.3) is 0 Å². The number of hydrogen-bond acceptors (Lipinski definition) is 3. The fourth-order valence-electron chi connectivity index (χ4n) is 0.976. The highest BCUT2D eigenvalue weighted by molar-refractivity contribution is 5.85. The Morgan fingerprint density at radius 2 is 1.85 bits per heavy atom. The van der Waals surface area contributed by atoms with Crippen LogP contribution in [0.4, 0.5) is 0 Å². The zero-order chi connectivity index (χ0) is 9.14. The van der Waals surface area contributed by atoms with Crippen molar-refractivity contribution in [3.05, 3.63) is 23.8 Å². The van der Waals surface area contributed by atoms with E-state index in [1.807, 2.05) is 14.0 Å². The summed E-state index contributed by atoms with van der Waals surface area (Å²) in [5.74, 6) is -0.156. The monoisotopic (exact) mass is 203 g/mol. The number of phenols is 2. The molecule has 0 aliphatic rings. The number of benzene rings is 1. The van der Waals surface area contributed by atoms with Crippen LogP contribution in [0.5, 0.6) is 11.5 Å². The predicted octanol–water partition coefficient (Wildman–Crippen LogP) is 1.80. The molecule has 0 aliphatic carbocycles. The summed E-state index contributed by atoms with van der Waals surface area (Å²) in [5.41, 5.74) is 0.952. The highest BCUT2D eigenvalue weighted by Gasteiger charge is 2.05. The van der Waals surface area contributed by atoms with E-state index in [-0.39, 0.29) is 29.9 Å². The van der Waals surface area contributed by atoms with E-state index in [4.69, 9.17) is 10.2 Å². The van der Waals surface area contributed by atoms with Gasteiger partial charge in [-0.2, -0.15) is 0 Å². The molecule has 0 heterocycles. The van der Waals surface area contributed by atoms with Crippen molar-refractivity contribution < 1.29 is 10.2 Å². The lowest BCUT2D eigenvalue weighted by Crippen LogP contribution is -2.11. The van der Waals surface area contributed by atoms with Crippen LogP contribution in [0.1, 0.15) is 18.5 Å². The highest BCUT2D eigenvalue weighted by Crippen LogP contribution is 2.27. The van der Waals surface area contributed by atoms with Gasteiger partial charge >= 0.3 is 0 Å². The third kappa shape index (κ3) is 2.79. The Morgan fingerprint density at radius 1 is 1.23 bits per heavy atom. The summed E-state index contributed by atoms with van der Waals surface area (Å²) in [7, 11) is 1.84. The van der Waals surface area contributed by atoms with Gasteiger partial charge in [0.15, 0.2) is 11.5 Å². The van der Waals surface area contributed by atoms with Crippen LogP contribution in [0.25, 0.3) is 0 Å². The molecule has 1 atom stereocenters. The van der Waals surface area contributed by atoms with E-state index in [0.29, 0.717) is 0 Å². The molecule has 1 rings (SSSR count). The maximum Gasteiger partial charge on any atom is 0.157 e. The van der Waals surface area contributed by atoms with Crippen molar-refractivity contribution in [2.24, 2.45) is 0 Å². The second kappa shape index (κ2) is 4.94. The van der Waals surface area contributed by atoms with Crippen molar-refractivity contribution >= 4 is 12.4 Å². The Balaban J connectivity index is 0.00000144. The van der Waals surface area contributed by atoms with Gasteiger partial charge in [-0.25, -0.2) is 0 Å². The van der Waals surface area contributed by atoms with Crippen molar-refractivity contribution in [3.8, 4) is 11.5 Å². The molecular weight excluding hydrogens is 190 g/mol. The van der Waals surface area contributed by atoms with Gasteiger partial charge in [-0.1, -0.05) is 6.07 Å². The minimum Gasteiger partial charge on any atom is -0.504 e. The second-order valence-electron chi connectivity index (χ2n) is 2.76. The van der Waals surface area contributed by atoms with Gasteiger partial charge in [-0.3, -0.25) is 0 Å². The van der Waals surface area contributed by atoms with Gasteiger partial charge in [0.05, 0.1) is 0 Å². The second-order valence-corrected chi connectivity index (χ2v) is 2.76. The van der Waals surface area contributed by atoms with Crippen molar-refractivity contribution in [2.45, 2.75) is 13.0 Å². The smallest absolute Gasteiger partial charge is 0.157 e. The molecule has 0 saturated carbocycles. The maximum absolute atomic E-state index is 9.17. The third-order valence-corrected chi connectivity index (χ3v) is 1.93. The van der Waals surface area contributed by atoms with Gasteiger partial charge in [0, 0.05) is 6.04 Å². The fraction of sp³-hybridized carbons (Fsp3) is 0.333. The Hall–Kier alpha value is -0.930.